The summed E-state index contributed by atoms with van der Waals surface area (Å²) in [5.74, 6) is 0.861. The van der Waals surface area contributed by atoms with Crippen molar-refractivity contribution in [2.45, 2.75) is 19.4 Å². The van der Waals surface area contributed by atoms with E-state index in [-0.39, 0.29) is 11.7 Å². The third-order valence-electron chi connectivity index (χ3n) is 2.95. The molecule has 1 fully saturated rings. The number of hydrogen-bond donors (Lipinski definition) is 1. The fourth-order valence-electron chi connectivity index (χ4n) is 2.35. The highest BCUT2D eigenvalue weighted by atomic mass is 16.6. The molecule has 1 aliphatic rings. The second-order valence-corrected chi connectivity index (χ2v) is 4.61. The maximum Gasteiger partial charge on any atom is 0.311 e. The van der Waals surface area contributed by atoms with E-state index in [1.54, 1.807) is 12.3 Å². The van der Waals surface area contributed by atoms with E-state index in [1.807, 2.05) is 4.90 Å². The third-order valence-corrected chi connectivity index (χ3v) is 2.95. The number of aromatic nitrogens is 1. The van der Waals surface area contributed by atoms with Gasteiger partial charge in [-0.2, -0.15) is 0 Å². The molecule has 2 N–H and O–H groups in total. The minimum Gasteiger partial charge on any atom is -0.349 e. The molecule has 1 aromatic rings. The van der Waals surface area contributed by atoms with Gasteiger partial charge < -0.3 is 10.6 Å². The molecular formula is C11H16N4O2. The molecule has 2 unspecified atom stereocenters. The van der Waals surface area contributed by atoms with Gasteiger partial charge in [-0.25, -0.2) is 4.98 Å². The van der Waals surface area contributed by atoms with E-state index >= 15 is 0 Å². The number of nitrogens with two attached hydrogens (primary N) is 1. The molecule has 2 heterocycles. The van der Waals surface area contributed by atoms with Crippen molar-refractivity contribution in [1.82, 2.24) is 4.98 Å². The van der Waals surface area contributed by atoms with Crippen molar-refractivity contribution in [3.05, 3.63) is 28.4 Å². The lowest BCUT2D eigenvalue weighted by atomic mass is 9.96. The predicted octanol–water partition coefficient (Wildman–Crippen LogP) is 1.16. The SMILES string of the molecule is CC1CC(N)CN(c2ncccc2[N+](=O)[O-])C1. The Morgan fingerprint density at radius 1 is 1.59 bits per heavy atom. The average Bonchev–Trinajstić information content (AvgIpc) is 2.27. The number of nitro groups is 1. The van der Waals surface area contributed by atoms with Gasteiger partial charge in [0.2, 0.25) is 5.82 Å². The number of hydrogen-bond acceptors (Lipinski definition) is 5. The standard InChI is InChI=1S/C11H16N4O2/c1-8-5-9(12)7-14(6-8)11-10(15(16)17)3-2-4-13-11/h2-4,8-9H,5-7,12H2,1H3. The molecule has 6 nitrogen and oxygen atoms in total. The van der Waals surface area contributed by atoms with Crippen LogP contribution in [0.2, 0.25) is 0 Å². The molecule has 1 aromatic heterocycles. The Labute approximate surface area is 99.6 Å². The van der Waals surface area contributed by atoms with Gasteiger partial charge in [0.25, 0.3) is 0 Å². The molecule has 0 bridgehead atoms. The summed E-state index contributed by atoms with van der Waals surface area (Å²) in [6.07, 6.45) is 2.53. The largest absolute Gasteiger partial charge is 0.349 e. The Morgan fingerprint density at radius 3 is 3.00 bits per heavy atom. The number of anilines is 1. The summed E-state index contributed by atoms with van der Waals surface area (Å²) in [7, 11) is 0. The summed E-state index contributed by atoms with van der Waals surface area (Å²) in [6.45, 7) is 3.49. The van der Waals surface area contributed by atoms with Crippen LogP contribution in [0.25, 0.3) is 0 Å². The molecule has 0 aromatic carbocycles. The van der Waals surface area contributed by atoms with Crippen LogP contribution in [0.15, 0.2) is 18.3 Å². The van der Waals surface area contributed by atoms with E-state index < -0.39 is 4.92 Å². The van der Waals surface area contributed by atoms with E-state index in [9.17, 15) is 10.1 Å². The lowest BCUT2D eigenvalue weighted by Crippen LogP contribution is -2.46. The monoisotopic (exact) mass is 236 g/mol. The molecule has 0 radical (unpaired) electrons. The molecule has 0 saturated carbocycles. The Bertz CT molecular complexity index is 414. The first kappa shape index (κ1) is 11.8. The zero-order valence-electron chi connectivity index (χ0n) is 9.74. The van der Waals surface area contributed by atoms with E-state index in [0.717, 1.165) is 13.0 Å². The summed E-state index contributed by atoms with van der Waals surface area (Å²) < 4.78 is 0. The van der Waals surface area contributed by atoms with Crippen molar-refractivity contribution in [2.24, 2.45) is 11.7 Å². The fraction of sp³-hybridized carbons (Fsp3) is 0.545. The van der Waals surface area contributed by atoms with Crippen LogP contribution in [0.3, 0.4) is 0 Å². The van der Waals surface area contributed by atoms with Crippen molar-refractivity contribution in [3.63, 3.8) is 0 Å². The molecule has 1 aliphatic heterocycles. The molecule has 92 valence electrons. The van der Waals surface area contributed by atoms with Crippen molar-refractivity contribution in [3.8, 4) is 0 Å². The van der Waals surface area contributed by atoms with Gasteiger partial charge in [-0.05, 0) is 18.4 Å². The van der Waals surface area contributed by atoms with Crippen LogP contribution in [-0.2, 0) is 0 Å². The summed E-state index contributed by atoms with van der Waals surface area (Å²) in [4.78, 5) is 16.6. The van der Waals surface area contributed by atoms with Crippen LogP contribution in [0, 0.1) is 16.0 Å². The maximum atomic E-state index is 10.9. The third kappa shape index (κ3) is 2.52. The molecule has 2 rings (SSSR count). The number of nitrogens with zero attached hydrogens (tertiary/aromatic N) is 3. The smallest absolute Gasteiger partial charge is 0.311 e. The van der Waals surface area contributed by atoms with Crippen LogP contribution in [0.4, 0.5) is 11.5 Å². The second kappa shape index (κ2) is 4.67. The summed E-state index contributed by atoms with van der Waals surface area (Å²) in [5, 5.41) is 10.9. The fourth-order valence-corrected chi connectivity index (χ4v) is 2.35. The molecule has 0 aliphatic carbocycles. The van der Waals surface area contributed by atoms with Crippen LogP contribution in [-0.4, -0.2) is 29.0 Å². The van der Waals surface area contributed by atoms with Crippen LogP contribution in [0.5, 0.6) is 0 Å². The molecule has 6 heteroatoms. The molecule has 0 amide bonds. The van der Waals surface area contributed by atoms with Gasteiger partial charge in [0.15, 0.2) is 0 Å². The Hall–Kier alpha value is -1.69. The maximum absolute atomic E-state index is 10.9. The van der Waals surface area contributed by atoms with E-state index in [1.165, 1.54) is 6.07 Å². The quantitative estimate of drug-likeness (QED) is 0.615. The minimum absolute atomic E-state index is 0.0498. The average molecular weight is 236 g/mol. The van der Waals surface area contributed by atoms with Crippen molar-refractivity contribution in [1.29, 1.82) is 0 Å². The molecule has 0 spiro atoms. The van der Waals surface area contributed by atoms with E-state index in [4.69, 9.17) is 5.73 Å². The Kier molecular flexibility index (Phi) is 3.23. The van der Waals surface area contributed by atoms with Crippen LogP contribution < -0.4 is 10.6 Å². The predicted molar refractivity (Wildman–Crippen MR) is 64.9 cm³/mol. The highest BCUT2D eigenvalue weighted by molar-refractivity contribution is 5.57. The first-order valence-corrected chi connectivity index (χ1v) is 5.68. The van der Waals surface area contributed by atoms with Gasteiger partial charge in [0.05, 0.1) is 4.92 Å². The highest BCUT2D eigenvalue weighted by Crippen LogP contribution is 2.28. The van der Waals surface area contributed by atoms with Crippen molar-refractivity contribution < 1.29 is 4.92 Å². The summed E-state index contributed by atoms with van der Waals surface area (Å²) in [5.41, 5.74) is 5.99. The van der Waals surface area contributed by atoms with Gasteiger partial charge in [-0.3, -0.25) is 10.1 Å². The van der Waals surface area contributed by atoms with Crippen LogP contribution >= 0.6 is 0 Å². The van der Waals surface area contributed by atoms with Crippen molar-refractivity contribution >= 4 is 11.5 Å². The molecule has 2 atom stereocenters. The zero-order valence-corrected chi connectivity index (χ0v) is 9.74. The van der Waals surface area contributed by atoms with Gasteiger partial charge in [0.1, 0.15) is 0 Å². The summed E-state index contributed by atoms with van der Waals surface area (Å²) in [6, 6.07) is 3.11. The first-order valence-electron chi connectivity index (χ1n) is 5.68. The second-order valence-electron chi connectivity index (χ2n) is 4.61. The van der Waals surface area contributed by atoms with E-state index in [2.05, 4.69) is 11.9 Å². The normalized spacial score (nSPS) is 24.7. The molecule has 17 heavy (non-hydrogen) atoms. The Balaban J connectivity index is 2.30. The van der Waals surface area contributed by atoms with Gasteiger partial charge in [-0.15, -0.1) is 0 Å². The Morgan fingerprint density at radius 2 is 2.35 bits per heavy atom. The molecular weight excluding hydrogens is 220 g/mol. The first-order chi connectivity index (χ1) is 8.08. The zero-order chi connectivity index (χ0) is 12.4. The summed E-state index contributed by atoms with van der Waals surface area (Å²) >= 11 is 0. The van der Waals surface area contributed by atoms with Gasteiger partial charge >= 0.3 is 5.69 Å². The van der Waals surface area contributed by atoms with E-state index in [0.29, 0.717) is 18.3 Å². The topological polar surface area (TPSA) is 85.3 Å². The number of pyridine rings is 1. The lowest BCUT2D eigenvalue weighted by molar-refractivity contribution is -0.384. The number of piperidine rings is 1. The highest BCUT2D eigenvalue weighted by Gasteiger charge is 2.27. The van der Waals surface area contributed by atoms with Gasteiger partial charge in [-0.1, -0.05) is 6.92 Å². The van der Waals surface area contributed by atoms with Crippen molar-refractivity contribution in [2.75, 3.05) is 18.0 Å². The molecule has 1 saturated heterocycles. The lowest BCUT2D eigenvalue weighted by Gasteiger charge is -2.35. The minimum atomic E-state index is -0.396. The van der Waals surface area contributed by atoms with Crippen LogP contribution in [0.1, 0.15) is 13.3 Å². The number of rotatable bonds is 2. The van der Waals surface area contributed by atoms with Gasteiger partial charge in [0, 0.05) is 31.4 Å².